The monoisotopic (exact) mass is 396 g/mol. The molecule has 2 amide bonds. The van der Waals surface area contributed by atoms with Gasteiger partial charge in [0.2, 0.25) is 11.8 Å². The molecule has 9 heteroatoms. The number of hydrogen-bond donors (Lipinski definition) is 3. The number of thiazole rings is 1. The predicted molar refractivity (Wildman–Crippen MR) is 102 cm³/mol. The second kappa shape index (κ2) is 11.6. The number of anilines is 1. The molecule has 6 nitrogen and oxygen atoms in total. The molecule has 1 aromatic rings. The molecule has 1 atom stereocenters. The summed E-state index contributed by atoms with van der Waals surface area (Å²) in [5.74, 6) is 0.520. The molecule has 1 unspecified atom stereocenters. The summed E-state index contributed by atoms with van der Waals surface area (Å²) in [4.78, 5) is 27.7. The number of nitrogens with one attached hydrogen (secondary N) is 3. The average Bonchev–Trinajstić information content (AvgIpc) is 3.11. The van der Waals surface area contributed by atoms with Crippen molar-refractivity contribution in [1.29, 1.82) is 0 Å². The van der Waals surface area contributed by atoms with Crippen molar-refractivity contribution >= 4 is 53.1 Å². The molecule has 0 aliphatic carbocycles. The molecular formula is C15H26Cl2N4O2S. The Morgan fingerprint density at radius 3 is 2.79 bits per heavy atom. The number of carbonyl (C=O) groups is 2. The number of hydrogen-bond acceptors (Lipinski definition) is 5. The largest absolute Gasteiger partial charge is 0.356 e. The van der Waals surface area contributed by atoms with E-state index in [1.807, 2.05) is 19.2 Å². The summed E-state index contributed by atoms with van der Waals surface area (Å²) in [5, 5.41) is 11.4. The summed E-state index contributed by atoms with van der Waals surface area (Å²) in [6.45, 7) is 6.52. The van der Waals surface area contributed by atoms with Crippen molar-refractivity contribution in [2.45, 2.75) is 33.1 Å². The zero-order valence-corrected chi connectivity index (χ0v) is 16.4. The number of rotatable bonds is 7. The van der Waals surface area contributed by atoms with Crippen LogP contribution in [0.4, 0.5) is 5.13 Å². The van der Waals surface area contributed by atoms with Crippen LogP contribution in [0.1, 0.15) is 32.4 Å². The van der Waals surface area contributed by atoms with E-state index in [2.05, 4.69) is 20.9 Å². The first-order valence-electron chi connectivity index (χ1n) is 7.77. The summed E-state index contributed by atoms with van der Waals surface area (Å²) < 4.78 is 0. The van der Waals surface area contributed by atoms with E-state index in [1.165, 1.54) is 17.8 Å². The Balaban J connectivity index is 0.00000264. The molecule has 0 aromatic carbocycles. The lowest BCUT2D eigenvalue weighted by molar-refractivity contribution is -0.120. The Bertz CT molecular complexity index is 519. The predicted octanol–water partition coefficient (Wildman–Crippen LogP) is 2.24. The minimum atomic E-state index is -0.0827. The van der Waals surface area contributed by atoms with Gasteiger partial charge in [-0.3, -0.25) is 9.59 Å². The molecular weight excluding hydrogens is 371 g/mol. The van der Waals surface area contributed by atoms with E-state index in [-0.39, 0.29) is 49.0 Å². The van der Waals surface area contributed by atoms with Crippen LogP contribution in [-0.2, 0) is 16.0 Å². The molecule has 138 valence electrons. The number of carbonyl (C=O) groups excluding carboxylic acids is 2. The average molecular weight is 397 g/mol. The molecule has 1 saturated heterocycles. The van der Waals surface area contributed by atoms with Crippen LogP contribution >= 0.6 is 36.2 Å². The second-order valence-corrected chi connectivity index (χ2v) is 6.82. The number of amides is 2. The molecule has 0 saturated carbocycles. The molecule has 0 bridgehead atoms. The Kier molecular flexibility index (Phi) is 11.2. The quantitative estimate of drug-likeness (QED) is 0.659. The molecule has 2 heterocycles. The van der Waals surface area contributed by atoms with Crippen molar-refractivity contribution in [3.63, 3.8) is 0 Å². The molecule has 1 fully saturated rings. The first-order chi connectivity index (χ1) is 10.5. The minimum absolute atomic E-state index is 0. The fraction of sp³-hybridized carbons (Fsp3) is 0.667. The first-order valence-corrected chi connectivity index (χ1v) is 8.65. The van der Waals surface area contributed by atoms with Crippen molar-refractivity contribution in [2.75, 3.05) is 25.0 Å². The number of aromatic nitrogens is 1. The van der Waals surface area contributed by atoms with E-state index in [9.17, 15) is 9.59 Å². The van der Waals surface area contributed by atoms with Gasteiger partial charge in [-0.05, 0) is 31.8 Å². The van der Waals surface area contributed by atoms with Crippen LogP contribution in [0.15, 0.2) is 5.38 Å². The molecule has 1 aromatic heterocycles. The van der Waals surface area contributed by atoms with Crippen molar-refractivity contribution in [1.82, 2.24) is 15.6 Å². The molecule has 0 spiro atoms. The lowest BCUT2D eigenvalue weighted by Crippen LogP contribution is -2.28. The van der Waals surface area contributed by atoms with Gasteiger partial charge >= 0.3 is 0 Å². The van der Waals surface area contributed by atoms with Crippen LogP contribution in [-0.4, -0.2) is 36.4 Å². The Labute approximate surface area is 159 Å². The Hall–Kier alpha value is -0.890. The van der Waals surface area contributed by atoms with Crippen LogP contribution in [0, 0.1) is 11.8 Å². The smallest absolute Gasteiger partial charge is 0.228 e. The lowest BCUT2D eigenvalue weighted by atomic mass is 10.1. The third-order valence-electron chi connectivity index (χ3n) is 3.69. The molecule has 0 radical (unpaired) electrons. The second-order valence-electron chi connectivity index (χ2n) is 5.96. The third-order valence-corrected chi connectivity index (χ3v) is 4.49. The van der Waals surface area contributed by atoms with Gasteiger partial charge in [0.05, 0.1) is 12.1 Å². The standard InChI is InChI=1S/C15H24N4O2S.2ClH/c1-10(2)14(21)19-15-18-12(9-22-15)7-13(20)17-6-4-11-3-5-16-8-11;;/h9-11,16H,3-8H2,1-2H3,(H,17,20)(H,18,19,21);2*1H. The van der Waals surface area contributed by atoms with Gasteiger partial charge in [-0.15, -0.1) is 36.2 Å². The maximum absolute atomic E-state index is 11.9. The van der Waals surface area contributed by atoms with Crippen LogP contribution < -0.4 is 16.0 Å². The summed E-state index contributed by atoms with van der Waals surface area (Å²) in [7, 11) is 0. The Morgan fingerprint density at radius 1 is 1.42 bits per heavy atom. The van der Waals surface area contributed by atoms with Gasteiger partial charge in [0.25, 0.3) is 0 Å². The SMILES string of the molecule is CC(C)C(=O)Nc1nc(CC(=O)NCCC2CCNC2)cs1.Cl.Cl. The van der Waals surface area contributed by atoms with E-state index in [1.54, 1.807) is 0 Å². The van der Waals surface area contributed by atoms with Gasteiger partial charge in [0.1, 0.15) is 0 Å². The van der Waals surface area contributed by atoms with E-state index in [4.69, 9.17) is 0 Å². The molecule has 24 heavy (non-hydrogen) atoms. The summed E-state index contributed by atoms with van der Waals surface area (Å²) in [5.41, 5.74) is 0.698. The number of halogens is 2. The fourth-order valence-electron chi connectivity index (χ4n) is 2.30. The summed E-state index contributed by atoms with van der Waals surface area (Å²) >= 11 is 1.35. The minimum Gasteiger partial charge on any atom is -0.356 e. The van der Waals surface area contributed by atoms with E-state index in [0.717, 1.165) is 19.5 Å². The van der Waals surface area contributed by atoms with Gasteiger partial charge in [0.15, 0.2) is 5.13 Å². The van der Waals surface area contributed by atoms with Crippen molar-refractivity contribution in [2.24, 2.45) is 11.8 Å². The maximum Gasteiger partial charge on any atom is 0.228 e. The first kappa shape index (κ1) is 23.1. The van der Waals surface area contributed by atoms with Gasteiger partial charge in [-0.2, -0.15) is 0 Å². The van der Waals surface area contributed by atoms with Gasteiger partial charge < -0.3 is 16.0 Å². The zero-order chi connectivity index (χ0) is 15.9. The molecule has 3 N–H and O–H groups in total. The van der Waals surface area contributed by atoms with Crippen LogP contribution in [0.25, 0.3) is 0 Å². The van der Waals surface area contributed by atoms with Crippen LogP contribution in [0.5, 0.6) is 0 Å². The maximum atomic E-state index is 11.9. The topological polar surface area (TPSA) is 83.1 Å². The van der Waals surface area contributed by atoms with Crippen molar-refractivity contribution < 1.29 is 9.59 Å². The highest BCUT2D eigenvalue weighted by Crippen LogP contribution is 2.16. The van der Waals surface area contributed by atoms with Gasteiger partial charge in [0, 0.05) is 17.8 Å². The van der Waals surface area contributed by atoms with E-state index >= 15 is 0 Å². The molecule has 1 aliphatic rings. The lowest BCUT2D eigenvalue weighted by Gasteiger charge is -2.08. The van der Waals surface area contributed by atoms with Crippen LogP contribution in [0.3, 0.4) is 0 Å². The van der Waals surface area contributed by atoms with E-state index < -0.39 is 0 Å². The van der Waals surface area contributed by atoms with Gasteiger partial charge in [-0.1, -0.05) is 13.8 Å². The third kappa shape index (κ3) is 7.79. The fourth-order valence-corrected chi connectivity index (χ4v) is 3.01. The Morgan fingerprint density at radius 2 is 2.17 bits per heavy atom. The van der Waals surface area contributed by atoms with Crippen molar-refractivity contribution in [3.8, 4) is 0 Å². The van der Waals surface area contributed by atoms with Crippen molar-refractivity contribution in [3.05, 3.63) is 11.1 Å². The van der Waals surface area contributed by atoms with E-state index in [0.29, 0.717) is 23.3 Å². The summed E-state index contributed by atoms with van der Waals surface area (Å²) in [6.07, 6.45) is 2.48. The molecule has 1 aliphatic heterocycles. The number of nitrogens with zero attached hydrogens (tertiary/aromatic N) is 1. The van der Waals surface area contributed by atoms with Crippen LogP contribution in [0.2, 0.25) is 0 Å². The normalized spacial score (nSPS) is 16.2. The highest BCUT2D eigenvalue weighted by atomic mass is 35.5. The molecule has 2 rings (SSSR count). The summed E-state index contributed by atoms with van der Waals surface area (Å²) in [6, 6.07) is 0. The highest BCUT2D eigenvalue weighted by molar-refractivity contribution is 7.13. The van der Waals surface area contributed by atoms with Gasteiger partial charge in [-0.25, -0.2) is 4.98 Å². The zero-order valence-electron chi connectivity index (χ0n) is 14.0. The highest BCUT2D eigenvalue weighted by Gasteiger charge is 2.15.